The first-order valence-electron chi connectivity index (χ1n) is 12.2. The molecule has 0 spiro atoms. The predicted octanol–water partition coefficient (Wildman–Crippen LogP) is 3.44. The summed E-state index contributed by atoms with van der Waals surface area (Å²) in [5, 5.41) is 6.26. The van der Waals surface area contributed by atoms with E-state index in [0.717, 1.165) is 32.2 Å². The zero-order chi connectivity index (χ0) is 24.1. The molecule has 2 amide bonds. The van der Waals surface area contributed by atoms with Gasteiger partial charge in [-0.2, -0.15) is 0 Å². The Morgan fingerprint density at radius 1 is 1.12 bits per heavy atom. The smallest absolute Gasteiger partial charge is 0.407 e. The van der Waals surface area contributed by atoms with E-state index >= 15 is 0 Å². The number of hydrogen-bond donors (Lipinski definition) is 2. The Balaban J connectivity index is 1.34. The van der Waals surface area contributed by atoms with Crippen LogP contribution in [0.25, 0.3) is 0 Å². The van der Waals surface area contributed by atoms with Gasteiger partial charge in [0, 0.05) is 43.5 Å². The van der Waals surface area contributed by atoms with E-state index in [9.17, 15) is 9.59 Å². The van der Waals surface area contributed by atoms with Crippen molar-refractivity contribution in [3.8, 4) is 0 Å². The average Bonchev–Trinajstić information content (AvgIpc) is 3.21. The van der Waals surface area contributed by atoms with E-state index in [1.165, 1.54) is 16.7 Å². The second kappa shape index (κ2) is 10.6. The number of benzene rings is 1. The highest BCUT2D eigenvalue weighted by Gasteiger charge is 2.32. The third kappa shape index (κ3) is 6.56. The van der Waals surface area contributed by atoms with E-state index in [1.54, 1.807) is 6.20 Å². The molecule has 0 radical (unpaired) electrons. The van der Waals surface area contributed by atoms with Crippen LogP contribution in [0.2, 0.25) is 0 Å². The summed E-state index contributed by atoms with van der Waals surface area (Å²) in [6.45, 7) is 7.32. The van der Waals surface area contributed by atoms with Crippen LogP contribution in [0.15, 0.2) is 48.8 Å². The molecule has 7 nitrogen and oxygen atoms in total. The van der Waals surface area contributed by atoms with Crippen molar-refractivity contribution in [1.29, 1.82) is 0 Å². The Kier molecular flexibility index (Phi) is 7.51. The topological polar surface area (TPSA) is 83.6 Å². The van der Waals surface area contributed by atoms with Crippen molar-refractivity contribution in [2.75, 3.05) is 19.6 Å². The highest BCUT2D eigenvalue weighted by atomic mass is 16.6. The maximum atomic E-state index is 13.0. The Morgan fingerprint density at radius 2 is 1.94 bits per heavy atom. The van der Waals surface area contributed by atoms with Gasteiger partial charge in [0.15, 0.2) is 0 Å². The molecule has 1 aromatic carbocycles. The van der Waals surface area contributed by atoms with Crippen molar-refractivity contribution in [1.82, 2.24) is 20.5 Å². The molecule has 2 heterocycles. The molecule has 0 saturated carbocycles. The highest BCUT2D eigenvalue weighted by Crippen LogP contribution is 2.34. The number of ether oxygens (including phenoxy) is 1. The van der Waals surface area contributed by atoms with Crippen LogP contribution >= 0.6 is 0 Å². The van der Waals surface area contributed by atoms with Gasteiger partial charge in [-0.1, -0.05) is 30.3 Å². The fourth-order valence-corrected chi connectivity index (χ4v) is 5.07. The first-order chi connectivity index (χ1) is 16.3. The minimum atomic E-state index is -0.521. The zero-order valence-electron chi connectivity index (χ0n) is 20.4. The van der Waals surface area contributed by atoms with E-state index < -0.39 is 11.7 Å². The molecule has 182 valence electrons. The molecule has 7 heteroatoms. The molecule has 1 fully saturated rings. The van der Waals surface area contributed by atoms with E-state index in [0.29, 0.717) is 13.1 Å². The molecule has 1 saturated heterocycles. The lowest BCUT2D eigenvalue weighted by Crippen LogP contribution is -2.47. The molecule has 2 N–H and O–H groups in total. The Hall–Kier alpha value is -2.93. The second-order valence-electron chi connectivity index (χ2n) is 10.5. The molecule has 1 aromatic heterocycles. The molecule has 2 aromatic rings. The molecule has 1 unspecified atom stereocenters. The summed E-state index contributed by atoms with van der Waals surface area (Å²) < 4.78 is 5.35. The van der Waals surface area contributed by atoms with Gasteiger partial charge in [-0.3, -0.25) is 14.7 Å². The summed E-state index contributed by atoms with van der Waals surface area (Å²) in [7, 11) is 0. The van der Waals surface area contributed by atoms with Crippen LogP contribution in [0, 0.1) is 0 Å². The van der Waals surface area contributed by atoms with Gasteiger partial charge >= 0.3 is 6.09 Å². The summed E-state index contributed by atoms with van der Waals surface area (Å²) in [5.41, 5.74) is 3.36. The summed E-state index contributed by atoms with van der Waals surface area (Å²) in [4.78, 5) is 31.5. The van der Waals surface area contributed by atoms with Crippen molar-refractivity contribution in [3.63, 3.8) is 0 Å². The summed E-state index contributed by atoms with van der Waals surface area (Å²) in [5.74, 6) is 0.261. The standard InChI is InChI=1S/C27H36N4O3/c1-27(2,3)34-26(33)29-21-12-14-31(17-21)18-25(32)30-24-11-10-20-8-4-5-9-22(20)23(24)15-19-7-6-13-28-16-19/h4-9,13,16,21,23-24H,10-12,14-15,17-18H2,1-3H3,(H,29,33)(H,30,32)/t21?,23-,24+/m0/s1. The minimum absolute atomic E-state index is 0.00235. The predicted molar refractivity (Wildman–Crippen MR) is 132 cm³/mol. The van der Waals surface area contributed by atoms with Crippen LogP contribution in [-0.2, 0) is 22.4 Å². The van der Waals surface area contributed by atoms with E-state index in [2.05, 4.69) is 50.8 Å². The van der Waals surface area contributed by atoms with Gasteiger partial charge in [0.25, 0.3) is 0 Å². The number of alkyl carbamates (subject to hydrolysis) is 1. The van der Waals surface area contributed by atoms with Crippen LogP contribution in [0.4, 0.5) is 4.79 Å². The molecule has 1 aliphatic carbocycles. The van der Waals surface area contributed by atoms with Gasteiger partial charge in [0.1, 0.15) is 5.60 Å². The van der Waals surface area contributed by atoms with Crippen molar-refractivity contribution >= 4 is 12.0 Å². The van der Waals surface area contributed by atoms with Gasteiger partial charge in [-0.05, 0) is 69.2 Å². The van der Waals surface area contributed by atoms with Crippen molar-refractivity contribution in [2.45, 2.75) is 70.1 Å². The van der Waals surface area contributed by atoms with Crippen LogP contribution in [0.5, 0.6) is 0 Å². The number of rotatable bonds is 6. The van der Waals surface area contributed by atoms with E-state index in [1.807, 2.05) is 33.0 Å². The maximum absolute atomic E-state index is 13.0. The van der Waals surface area contributed by atoms with Crippen molar-refractivity contribution in [2.24, 2.45) is 0 Å². The first kappa shape index (κ1) is 24.2. The number of amides is 2. The van der Waals surface area contributed by atoms with Crippen LogP contribution in [0.3, 0.4) is 0 Å². The summed E-state index contributed by atoms with van der Waals surface area (Å²) in [6, 6.07) is 12.7. The van der Waals surface area contributed by atoms with Gasteiger partial charge in [0.2, 0.25) is 5.91 Å². The molecule has 4 rings (SSSR count). The lowest BCUT2D eigenvalue weighted by molar-refractivity contribution is -0.123. The quantitative estimate of drug-likeness (QED) is 0.684. The van der Waals surface area contributed by atoms with Crippen LogP contribution in [-0.4, -0.2) is 59.2 Å². The number of nitrogens with zero attached hydrogens (tertiary/aromatic N) is 2. The normalized spacial score (nSPS) is 22.6. The number of fused-ring (bicyclic) bond motifs is 1. The molecule has 2 aliphatic rings. The Bertz CT molecular complexity index is 989. The van der Waals surface area contributed by atoms with Crippen molar-refractivity contribution < 1.29 is 14.3 Å². The third-order valence-electron chi connectivity index (χ3n) is 6.55. The second-order valence-corrected chi connectivity index (χ2v) is 10.5. The molecular weight excluding hydrogens is 428 g/mol. The van der Waals surface area contributed by atoms with Gasteiger partial charge in [-0.15, -0.1) is 0 Å². The zero-order valence-corrected chi connectivity index (χ0v) is 20.4. The Morgan fingerprint density at radius 3 is 2.71 bits per heavy atom. The number of carbonyl (C=O) groups is 2. The molecule has 0 bridgehead atoms. The molecular formula is C27H36N4O3. The number of likely N-dealkylation sites (tertiary alicyclic amines) is 1. The fourth-order valence-electron chi connectivity index (χ4n) is 5.07. The summed E-state index contributed by atoms with van der Waals surface area (Å²) in [6.07, 6.45) is 6.86. The number of nitrogens with one attached hydrogen (secondary N) is 2. The van der Waals surface area contributed by atoms with Crippen molar-refractivity contribution in [3.05, 3.63) is 65.5 Å². The maximum Gasteiger partial charge on any atom is 0.407 e. The number of carbonyl (C=O) groups excluding carboxylic acids is 2. The average molecular weight is 465 g/mol. The van der Waals surface area contributed by atoms with E-state index in [-0.39, 0.29) is 23.9 Å². The minimum Gasteiger partial charge on any atom is -0.444 e. The number of hydrogen-bond acceptors (Lipinski definition) is 5. The molecule has 3 atom stereocenters. The number of aromatic nitrogens is 1. The Labute approximate surface area is 202 Å². The lowest BCUT2D eigenvalue weighted by atomic mass is 9.76. The fraction of sp³-hybridized carbons (Fsp3) is 0.519. The van der Waals surface area contributed by atoms with Gasteiger partial charge in [0.05, 0.1) is 6.54 Å². The summed E-state index contributed by atoms with van der Waals surface area (Å²) >= 11 is 0. The highest BCUT2D eigenvalue weighted by molar-refractivity contribution is 5.78. The first-order valence-corrected chi connectivity index (χ1v) is 12.2. The number of pyridine rings is 1. The lowest BCUT2D eigenvalue weighted by Gasteiger charge is -2.35. The number of aryl methyl sites for hydroxylation is 1. The van der Waals surface area contributed by atoms with E-state index in [4.69, 9.17) is 4.74 Å². The largest absolute Gasteiger partial charge is 0.444 e. The van der Waals surface area contributed by atoms with Gasteiger partial charge in [-0.25, -0.2) is 4.79 Å². The van der Waals surface area contributed by atoms with Crippen LogP contribution < -0.4 is 10.6 Å². The molecule has 34 heavy (non-hydrogen) atoms. The third-order valence-corrected chi connectivity index (χ3v) is 6.55. The monoisotopic (exact) mass is 464 g/mol. The van der Waals surface area contributed by atoms with Crippen LogP contribution in [0.1, 0.15) is 56.2 Å². The molecule has 1 aliphatic heterocycles. The van der Waals surface area contributed by atoms with Gasteiger partial charge < -0.3 is 15.4 Å². The SMILES string of the molecule is CC(C)(C)OC(=O)NC1CCN(CC(=O)N[C@@H]2CCc3ccccc3[C@@H]2Cc2cccnc2)C1.